The first-order valence-electron chi connectivity index (χ1n) is 8.58. The summed E-state index contributed by atoms with van der Waals surface area (Å²) in [7, 11) is 0. The molecule has 0 spiro atoms. The zero-order chi connectivity index (χ0) is 19.2. The summed E-state index contributed by atoms with van der Waals surface area (Å²) in [6.07, 6.45) is 0. The summed E-state index contributed by atoms with van der Waals surface area (Å²) in [5, 5.41) is 23.4. The number of nitrogens with one attached hydrogen (secondary N) is 1. The molecule has 8 heteroatoms. The van der Waals surface area contributed by atoms with E-state index in [1.807, 2.05) is 12.1 Å². The fraction of sp³-hybridized carbons (Fsp3) is 0.316. The van der Waals surface area contributed by atoms with Gasteiger partial charge >= 0.3 is 0 Å². The highest BCUT2D eigenvalue weighted by molar-refractivity contribution is 5.61. The van der Waals surface area contributed by atoms with E-state index in [1.54, 1.807) is 6.07 Å². The Hall–Kier alpha value is -3.02. The highest BCUT2D eigenvalue weighted by atomic mass is 19.1. The summed E-state index contributed by atoms with van der Waals surface area (Å²) in [5.41, 5.74) is 1.40. The van der Waals surface area contributed by atoms with Gasteiger partial charge in [-0.05, 0) is 23.8 Å². The van der Waals surface area contributed by atoms with Crippen molar-refractivity contribution in [3.8, 4) is 6.07 Å². The number of hydrogen-bond acceptors (Lipinski definition) is 6. The summed E-state index contributed by atoms with van der Waals surface area (Å²) in [6, 6.07) is 12.4. The van der Waals surface area contributed by atoms with Gasteiger partial charge in [0.2, 0.25) is 0 Å². The maximum atomic E-state index is 13.7. The highest BCUT2D eigenvalue weighted by Gasteiger charge is 2.23. The number of halogens is 1. The van der Waals surface area contributed by atoms with Crippen molar-refractivity contribution < 1.29 is 14.1 Å². The SMILES string of the molecule is N#Cc1cc([N+](=O)[O-])ccc1NCC(c1cccc(F)c1)N1CCOCC1. The minimum atomic E-state index is -0.534. The van der Waals surface area contributed by atoms with Crippen molar-refractivity contribution in [2.75, 3.05) is 38.2 Å². The first-order valence-corrected chi connectivity index (χ1v) is 8.58. The minimum absolute atomic E-state index is 0.119. The standard InChI is InChI=1S/C19H19FN4O3/c20-16-3-1-2-14(10-16)19(23-6-8-27-9-7-23)13-22-18-5-4-17(24(25)26)11-15(18)12-21/h1-5,10-11,19,22H,6-9,13H2. The Morgan fingerprint density at radius 2 is 2.07 bits per heavy atom. The first-order chi connectivity index (χ1) is 13.1. The van der Waals surface area contributed by atoms with E-state index >= 15 is 0 Å². The summed E-state index contributed by atoms with van der Waals surface area (Å²) in [5.74, 6) is -0.307. The van der Waals surface area contributed by atoms with Crippen LogP contribution in [-0.2, 0) is 4.74 Å². The number of benzene rings is 2. The number of non-ortho nitro benzene ring substituents is 1. The van der Waals surface area contributed by atoms with Crippen molar-refractivity contribution >= 4 is 11.4 Å². The predicted octanol–water partition coefficient (Wildman–Crippen LogP) is 3.09. The number of nitrogens with zero attached hydrogens (tertiary/aromatic N) is 3. The molecule has 0 saturated carbocycles. The lowest BCUT2D eigenvalue weighted by Crippen LogP contribution is -2.41. The van der Waals surface area contributed by atoms with Crippen LogP contribution in [0.2, 0.25) is 0 Å². The van der Waals surface area contributed by atoms with E-state index in [-0.39, 0.29) is 23.1 Å². The summed E-state index contributed by atoms with van der Waals surface area (Å²) in [4.78, 5) is 12.6. The monoisotopic (exact) mass is 370 g/mol. The Morgan fingerprint density at radius 1 is 1.30 bits per heavy atom. The van der Waals surface area contributed by atoms with E-state index in [4.69, 9.17) is 4.74 Å². The van der Waals surface area contributed by atoms with E-state index in [1.165, 1.54) is 30.3 Å². The first kappa shape index (κ1) is 18.8. The molecule has 0 radical (unpaired) electrons. The average molecular weight is 370 g/mol. The molecule has 1 aliphatic heterocycles. The molecule has 140 valence electrons. The largest absolute Gasteiger partial charge is 0.382 e. The lowest BCUT2D eigenvalue weighted by Gasteiger charge is -2.35. The van der Waals surface area contributed by atoms with Gasteiger partial charge in [0.05, 0.1) is 35.4 Å². The van der Waals surface area contributed by atoms with Crippen molar-refractivity contribution in [2.24, 2.45) is 0 Å². The van der Waals surface area contributed by atoms with Crippen LogP contribution in [0.25, 0.3) is 0 Å². The van der Waals surface area contributed by atoms with Gasteiger partial charge in [0.1, 0.15) is 11.9 Å². The van der Waals surface area contributed by atoms with Crippen molar-refractivity contribution in [3.63, 3.8) is 0 Å². The third-order valence-corrected chi connectivity index (χ3v) is 4.54. The zero-order valence-corrected chi connectivity index (χ0v) is 14.6. The van der Waals surface area contributed by atoms with Gasteiger partial charge in [0.25, 0.3) is 5.69 Å². The van der Waals surface area contributed by atoms with Crippen LogP contribution >= 0.6 is 0 Å². The summed E-state index contributed by atoms with van der Waals surface area (Å²) < 4.78 is 19.1. The minimum Gasteiger partial charge on any atom is -0.382 e. The van der Waals surface area contributed by atoms with Crippen molar-refractivity contribution in [1.82, 2.24) is 4.90 Å². The third kappa shape index (κ3) is 4.58. The number of ether oxygens (including phenoxy) is 1. The second-order valence-electron chi connectivity index (χ2n) is 6.20. The van der Waals surface area contributed by atoms with Gasteiger partial charge in [-0.25, -0.2) is 4.39 Å². The van der Waals surface area contributed by atoms with Crippen LogP contribution in [0.1, 0.15) is 17.2 Å². The number of nitro groups is 1. The van der Waals surface area contributed by atoms with E-state index in [0.717, 1.165) is 5.56 Å². The van der Waals surface area contributed by atoms with Gasteiger partial charge in [-0.2, -0.15) is 5.26 Å². The zero-order valence-electron chi connectivity index (χ0n) is 14.6. The van der Waals surface area contributed by atoms with Crippen LogP contribution in [0.4, 0.5) is 15.8 Å². The van der Waals surface area contributed by atoms with E-state index in [0.29, 0.717) is 38.5 Å². The maximum Gasteiger partial charge on any atom is 0.270 e. The van der Waals surface area contributed by atoms with Gasteiger partial charge in [-0.1, -0.05) is 12.1 Å². The molecule has 7 nitrogen and oxygen atoms in total. The van der Waals surface area contributed by atoms with E-state index in [9.17, 15) is 19.8 Å². The van der Waals surface area contributed by atoms with Crippen LogP contribution in [-0.4, -0.2) is 42.7 Å². The normalized spacial score (nSPS) is 15.7. The second-order valence-corrected chi connectivity index (χ2v) is 6.20. The van der Waals surface area contributed by atoms with Crippen molar-refractivity contribution in [2.45, 2.75) is 6.04 Å². The van der Waals surface area contributed by atoms with Gasteiger partial charge in [-0.15, -0.1) is 0 Å². The molecule has 1 atom stereocenters. The molecule has 1 fully saturated rings. The number of anilines is 1. The second kappa shape index (κ2) is 8.58. The molecular formula is C19H19FN4O3. The van der Waals surface area contributed by atoms with E-state index in [2.05, 4.69) is 10.2 Å². The van der Waals surface area contributed by atoms with Gasteiger partial charge in [0, 0.05) is 31.8 Å². The van der Waals surface area contributed by atoms with E-state index < -0.39 is 4.92 Å². The van der Waals surface area contributed by atoms with Gasteiger partial charge in [0.15, 0.2) is 0 Å². The lowest BCUT2D eigenvalue weighted by molar-refractivity contribution is -0.384. The molecule has 1 aliphatic rings. The number of nitro benzene ring substituents is 1. The summed E-state index contributed by atoms with van der Waals surface area (Å²) in [6.45, 7) is 3.07. The molecule has 1 heterocycles. The number of rotatable bonds is 6. The Morgan fingerprint density at radius 3 is 2.74 bits per heavy atom. The molecule has 27 heavy (non-hydrogen) atoms. The van der Waals surface area contributed by atoms with Crippen LogP contribution in [0.15, 0.2) is 42.5 Å². The molecule has 1 unspecified atom stereocenters. The Labute approximate surface area is 156 Å². The van der Waals surface area contributed by atoms with Gasteiger partial charge in [-0.3, -0.25) is 15.0 Å². The molecule has 1 N–H and O–H groups in total. The van der Waals surface area contributed by atoms with Crippen LogP contribution in [0, 0.1) is 27.3 Å². The number of nitriles is 1. The fourth-order valence-electron chi connectivity index (χ4n) is 3.16. The molecule has 2 aromatic carbocycles. The van der Waals surface area contributed by atoms with Crippen LogP contribution in [0.5, 0.6) is 0 Å². The molecule has 0 bridgehead atoms. The Bertz CT molecular complexity index is 862. The molecule has 3 rings (SSSR count). The average Bonchev–Trinajstić information content (AvgIpc) is 2.69. The molecular weight excluding hydrogens is 351 g/mol. The lowest BCUT2D eigenvalue weighted by atomic mass is 10.0. The molecule has 0 aromatic heterocycles. The van der Waals surface area contributed by atoms with Crippen molar-refractivity contribution in [3.05, 3.63) is 69.5 Å². The molecule has 0 aliphatic carbocycles. The highest BCUT2D eigenvalue weighted by Crippen LogP contribution is 2.26. The quantitative estimate of drug-likeness (QED) is 0.621. The Kier molecular flexibility index (Phi) is 5.96. The maximum absolute atomic E-state index is 13.7. The summed E-state index contributed by atoms with van der Waals surface area (Å²) >= 11 is 0. The smallest absolute Gasteiger partial charge is 0.270 e. The number of hydrogen-bond donors (Lipinski definition) is 1. The topological polar surface area (TPSA) is 91.4 Å². The van der Waals surface area contributed by atoms with Crippen molar-refractivity contribution in [1.29, 1.82) is 5.26 Å². The third-order valence-electron chi connectivity index (χ3n) is 4.54. The fourth-order valence-corrected chi connectivity index (χ4v) is 3.16. The molecule has 2 aromatic rings. The van der Waals surface area contributed by atoms with Crippen LogP contribution in [0.3, 0.4) is 0 Å². The predicted molar refractivity (Wildman–Crippen MR) is 97.8 cm³/mol. The Balaban J connectivity index is 1.82. The molecule has 1 saturated heterocycles. The number of morpholine rings is 1. The van der Waals surface area contributed by atoms with Gasteiger partial charge < -0.3 is 10.1 Å². The van der Waals surface area contributed by atoms with Crippen LogP contribution < -0.4 is 5.32 Å². The molecule has 0 amide bonds.